The fraction of sp³-hybridized carbons (Fsp3) is 1.00. The van der Waals surface area contributed by atoms with E-state index in [9.17, 15) is 0 Å². The second-order valence-corrected chi connectivity index (χ2v) is 5.74. The summed E-state index contributed by atoms with van der Waals surface area (Å²) in [7, 11) is 0. The molecule has 1 saturated heterocycles. The lowest BCUT2D eigenvalue weighted by Gasteiger charge is -2.37. The third-order valence-corrected chi connectivity index (χ3v) is 3.66. The number of nitrogens with zero attached hydrogens (tertiary/aromatic N) is 1. The van der Waals surface area contributed by atoms with Crippen molar-refractivity contribution in [2.24, 2.45) is 11.8 Å². The second-order valence-electron chi connectivity index (χ2n) is 5.74. The third-order valence-electron chi connectivity index (χ3n) is 3.66. The highest BCUT2D eigenvalue weighted by Crippen LogP contribution is 2.34. The van der Waals surface area contributed by atoms with E-state index in [1.54, 1.807) is 0 Å². The maximum absolute atomic E-state index is 2.76. The lowest BCUT2D eigenvalue weighted by Crippen LogP contribution is -2.45. The molecule has 2 atom stereocenters. The molecule has 1 heteroatoms. The molecular formula is C13H27N. The number of likely N-dealkylation sites (tertiary alicyclic amines) is 1. The van der Waals surface area contributed by atoms with Gasteiger partial charge in [0.05, 0.1) is 0 Å². The highest BCUT2D eigenvalue weighted by atomic mass is 15.2. The third kappa shape index (κ3) is 2.31. The Morgan fingerprint density at radius 1 is 0.786 bits per heavy atom. The molecule has 0 aliphatic carbocycles. The van der Waals surface area contributed by atoms with Gasteiger partial charge in [0.15, 0.2) is 0 Å². The summed E-state index contributed by atoms with van der Waals surface area (Å²) in [6, 6.07) is 2.35. The van der Waals surface area contributed by atoms with E-state index in [2.05, 4.69) is 46.4 Å². The summed E-state index contributed by atoms with van der Waals surface area (Å²) in [4.78, 5) is 2.76. The Morgan fingerprint density at radius 3 is 1.36 bits per heavy atom. The lowest BCUT2D eigenvalue weighted by molar-refractivity contribution is 0.0959. The van der Waals surface area contributed by atoms with Gasteiger partial charge in [0.2, 0.25) is 0 Å². The van der Waals surface area contributed by atoms with Crippen LogP contribution in [0.25, 0.3) is 0 Å². The second kappa shape index (κ2) is 4.65. The van der Waals surface area contributed by atoms with Gasteiger partial charge in [0.1, 0.15) is 0 Å². The van der Waals surface area contributed by atoms with Gasteiger partial charge < -0.3 is 0 Å². The molecule has 1 aliphatic heterocycles. The molecule has 0 radical (unpaired) electrons. The maximum Gasteiger partial charge on any atom is 0.0125 e. The van der Waals surface area contributed by atoms with Gasteiger partial charge in [0, 0.05) is 18.1 Å². The number of hydrogen-bond acceptors (Lipinski definition) is 1. The van der Waals surface area contributed by atoms with Crippen molar-refractivity contribution in [3.63, 3.8) is 0 Å². The largest absolute Gasteiger partial charge is 0.295 e. The molecule has 1 heterocycles. The smallest absolute Gasteiger partial charge is 0.0125 e. The standard InChI is InChI=1S/C13H27N/c1-9(2)12-7-8-13(10(3)4)14(12)11(5)6/h9-13H,7-8H2,1-6H3/t12-,13-/m0/s1. The molecule has 0 saturated carbocycles. The van der Waals surface area contributed by atoms with Crippen LogP contribution in [0.2, 0.25) is 0 Å². The van der Waals surface area contributed by atoms with Crippen LogP contribution in [0.15, 0.2) is 0 Å². The zero-order chi connectivity index (χ0) is 10.9. The highest BCUT2D eigenvalue weighted by Gasteiger charge is 2.37. The summed E-state index contributed by atoms with van der Waals surface area (Å²) in [6.07, 6.45) is 2.80. The van der Waals surface area contributed by atoms with Crippen LogP contribution in [0, 0.1) is 11.8 Å². The minimum atomic E-state index is 0.706. The van der Waals surface area contributed by atoms with Gasteiger partial charge in [-0.25, -0.2) is 0 Å². The summed E-state index contributed by atoms with van der Waals surface area (Å²) >= 11 is 0. The van der Waals surface area contributed by atoms with E-state index < -0.39 is 0 Å². The van der Waals surface area contributed by atoms with Gasteiger partial charge in [-0.05, 0) is 38.5 Å². The first-order valence-electron chi connectivity index (χ1n) is 6.22. The molecule has 0 unspecified atom stereocenters. The Bertz CT molecular complexity index is 156. The first-order chi connectivity index (χ1) is 6.45. The van der Waals surface area contributed by atoms with Crippen molar-refractivity contribution >= 4 is 0 Å². The zero-order valence-electron chi connectivity index (χ0n) is 10.7. The van der Waals surface area contributed by atoms with E-state index in [0.717, 1.165) is 23.9 Å². The summed E-state index contributed by atoms with van der Waals surface area (Å²) in [5, 5.41) is 0. The Balaban J connectivity index is 2.74. The van der Waals surface area contributed by atoms with Gasteiger partial charge in [-0.1, -0.05) is 27.7 Å². The van der Waals surface area contributed by atoms with Crippen molar-refractivity contribution in [3.8, 4) is 0 Å². The van der Waals surface area contributed by atoms with Crippen LogP contribution in [-0.4, -0.2) is 23.0 Å². The van der Waals surface area contributed by atoms with Crippen LogP contribution >= 0.6 is 0 Å². The zero-order valence-corrected chi connectivity index (χ0v) is 10.7. The van der Waals surface area contributed by atoms with Gasteiger partial charge >= 0.3 is 0 Å². The van der Waals surface area contributed by atoms with Crippen LogP contribution < -0.4 is 0 Å². The summed E-state index contributed by atoms with van der Waals surface area (Å²) in [5.41, 5.74) is 0. The van der Waals surface area contributed by atoms with E-state index >= 15 is 0 Å². The highest BCUT2D eigenvalue weighted by molar-refractivity contribution is 4.92. The average Bonchev–Trinajstić information content (AvgIpc) is 2.46. The van der Waals surface area contributed by atoms with Gasteiger partial charge in [-0.3, -0.25) is 4.90 Å². The molecule has 0 amide bonds. The Labute approximate surface area is 89.9 Å². The van der Waals surface area contributed by atoms with Crippen molar-refractivity contribution in [2.75, 3.05) is 0 Å². The van der Waals surface area contributed by atoms with Crippen molar-refractivity contribution in [1.82, 2.24) is 4.90 Å². The van der Waals surface area contributed by atoms with Gasteiger partial charge in [-0.15, -0.1) is 0 Å². The molecule has 0 aromatic heterocycles. The molecule has 14 heavy (non-hydrogen) atoms. The monoisotopic (exact) mass is 197 g/mol. The molecule has 0 spiro atoms. The predicted octanol–water partition coefficient (Wildman–Crippen LogP) is 3.54. The number of hydrogen-bond donors (Lipinski definition) is 0. The van der Waals surface area contributed by atoms with Crippen molar-refractivity contribution < 1.29 is 0 Å². The van der Waals surface area contributed by atoms with E-state index in [4.69, 9.17) is 0 Å². The molecule has 1 rings (SSSR count). The molecule has 0 bridgehead atoms. The Kier molecular flexibility index (Phi) is 4.00. The molecule has 0 aromatic rings. The van der Waals surface area contributed by atoms with Crippen LogP contribution in [0.4, 0.5) is 0 Å². The lowest BCUT2D eigenvalue weighted by atomic mass is 10.0. The van der Waals surface area contributed by atoms with E-state index in [0.29, 0.717) is 6.04 Å². The fourth-order valence-electron chi connectivity index (χ4n) is 3.01. The Hall–Kier alpha value is -0.0400. The molecule has 1 nitrogen and oxygen atoms in total. The van der Waals surface area contributed by atoms with Crippen molar-refractivity contribution in [1.29, 1.82) is 0 Å². The minimum Gasteiger partial charge on any atom is -0.295 e. The number of rotatable bonds is 3. The van der Waals surface area contributed by atoms with Crippen LogP contribution in [0.5, 0.6) is 0 Å². The van der Waals surface area contributed by atoms with Gasteiger partial charge in [0.25, 0.3) is 0 Å². The van der Waals surface area contributed by atoms with Gasteiger partial charge in [-0.2, -0.15) is 0 Å². The van der Waals surface area contributed by atoms with E-state index in [1.807, 2.05) is 0 Å². The van der Waals surface area contributed by atoms with Crippen molar-refractivity contribution in [2.45, 2.75) is 72.5 Å². The van der Waals surface area contributed by atoms with Crippen LogP contribution in [0.1, 0.15) is 54.4 Å². The van der Waals surface area contributed by atoms with Crippen molar-refractivity contribution in [3.05, 3.63) is 0 Å². The molecule has 1 fully saturated rings. The predicted molar refractivity (Wildman–Crippen MR) is 63.5 cm³/mol. The summed E-state index contributed by atoms with van der Waals surface area (Å²) in [6.45, 7) is 14.1. The van der Waals surface area contributed by atoms with Crippen LogP contribution in [0.3, 0.4) is 0 Å². The molecular weight excluding hydrogens is 170 g/mol. The van der Waals surface area contributed by atoms with E-state index in [1.165, 1.54) is 12.8 Å². The van der Waals surface area contributed by atoms with E-state index in [-0.39, 0.29) is 0 Å². The normalized spacial score (nSPS) is 29.8. The topological polar surface area (TPSA) is 3.24 Å². The van der Waals surface area contributed by atoms with Crippen LogP contribution in [-0.2, 0) is 0 Å². The SMILES string of the molecule is CC(C)[C@@H]1CC[C@@H](C(C)C)N1C(C)C. The average molecular weight is 197 g/mol. The first-order valence-corrected chi connectivity index (χ1v) is 6.22. The first kappa shape index (κ1) is 12.0. The quantitative estimate of drug-likeness (QED) is 0.669. The minimum absolute atomic E-state index is 0.706. The molecule has 0 aromatic carbocycles. The fourth-order valence-corrected chi connectivity index (χ4v) is 3.01. The molecule has 0 N–H and O–H groups in total. The molecule has 1 aliphatic rings. The summed E-state index contributed by atoms with van der Waals surface area (Å²) in [5.74, 6) is 1.61. The molecule has 84 valence electrons. The summed E-state index contributed by atoms with van der Waals surface area (Å²) < 4.78 is 0. The Morgan fingerprint density at radius 2 is 1.14 bits per heavy atom. The maximum atomic E-state index is 2.76.